The number of benzene rings is 1. The molecule has 170 valence electrons. The van der Waals surface area contributed by atoms with E-state index in [0.29, 0.717) is 38.6 Å². The molecule has 0 N–H and O–H groups in total. The van der Waals surface area contributed by atoms with Crippen LogP contribution in [0, 0.1) is 11.8 Å². The Kier molecular flexibility index (Phi) is 8.29. The first-order chi connectivity index (χ1) is 14.0. The van der Waals surface area contributed by atoms with E-state index < -0.39 is 21.8 Å². The smallest absolute Gasteiger partial charge is 0.383 e. The summed E-state index contributed by atoms with van der Waals surface area (Å²) in [6, 6.07) is 3.75. The van der Waals surface area contributed by atoms with E-state index in [1.807, 2.05) is 13.8 Å². The fourth-order valence-corrected chi connectivity index (χ4v) is 5.03. The van der Waals surface area contributed by atoms with Gasteiger partial charge in [0.25, 0.3) is 0 Å². The second kappa shape index (κ2) is 10.1. The summed E-state index contributed by atoms with van der Waals surface area (Å²) in [7, 11) is -2.49. The van der Waals surface area contributed by atoms with Gasteiger partial charge in [-0.1, -0.05) is 19.9 Å². The van der Waals surface area contributed by atoms with Gasteiger partial charge in [0.15, 0.2) is 0 Å². The van der Waals surface area contributed by atoms with E-state index >= 15 is 0 Å². The number of carbonyl (C=O) groups excluding carboxylic acids is 1. The second-order valence-electron chi connectivity index (χ2n) is 7.87. The van der Waals surface area contributed by atoms with Crippen LogP contribution >= 0.6 is 0 Å². The summed E-state index contributed by atoms with van der Waals surface area (Å²) in [5.41, 5.74) is -1.00. The molecule has 0 radical (unpaired) electrons. The monoisotopic (exact) mass is 450 g/mol. The van der Waals surface area contributed by atoms with E-state index in [0.717, 1.165) is 22.5 Å². The number of nitrogens with zero attached hydrogens (tertiary/aromatic N) is 2. The first-order valence-corrected chi connectivity index (χ1v) is 11.4. The molecule has 2 rings (SSSR count). The molecule has 1 heterocycles. The van der Waals surface area contributed by atoms with Gasteiger partial charge in [-0.2, -0.15) is 17.5 Å². The van der Waals surface area contributed by atoms with Gasteiger partial charge in [0.05, 0.1) is 17.1 Å². The number of piperidine rings is 1. The fraction of sp³-hybridized carbons (Fsp3) is 0.650. The van der Waals surface area contributed by atoms with Gasteiger partial charge in [0, 0.05) is 39.2 Å². The molecule has 0 bridgehead atoms. The zero-order valence-electron chi connectivity index (χ0n) is 17.5. The average molecular weight is 451 g/mol. The van der Waals surface area contributed by atoms with E-state index in [1.54, 1.807) is 12.0 Å². The summed E-state index contributed by atoms with van der Waals surface area (Å²) in [6.45, 7) is 5.68. The molecule has 1 aromatic rings. The largest absolute Gasteiger partial charge is 0.416 e. The minimum absolute atomic E-state index is 0.0307. The van der Waals surface area contributed by atoms with Crippen molar-refractivity contribution in [2.45, 2.75) is 37.8 Å². The number of sulfonamides is 1. The average Bonchev–Trinajstić information content (AvgIpc) is 2.70. The number of amides is 1. The Hall–Kier alpha value is -1.65. The molecule has 0 unspecified atom stereocenters. The Balaban J connectivity index is 2.07. The summed E-state index contributed by atoms with van der Waals surface area (Å²) in [5.74, 6) is -0.0578. The van der Waals surface area contributed by atoms with E-state index in [-0.39, 0.29) is 35.7 Å². The third-order valence-electron chi connectivity index (χ3n) is 5.06. The minimum atomic E-state index is -4.62. The van der Waals surface area contributed by atoms with Gasteiger partial charge in [0.1, 0.15) is 0 Å². The van der Waals surface area contributed by atoms with E-state index in [9.17, 15) is 26.4 Å². The molecule has 1 fully saturated rings. The zero-order valence-corrected chi connectivity index (χ0v) is 18.3. The number of halogens is 3. The van der Waals surface area contributed by atoms with Gasteiger partial charge in [0.2, 0.25) is 15.9 Å². The molecule has 1 aromatic carbocycles. The molecule has 0 atom stereocenters. The fourth-order valence-electron chi connectivity index (χ4n) is 3.52. The highest BCUT2D eigenvalue weighted by Gasteiger charge is 2.36. The Morgan fingerprint density at radius 2 is 1.90 bits per heavy atom. The van der Waals surface area contributed by atoms with Crippen LogP contribution in [0.15, 0.2) is 29.2 Å². The van der Waals surface area contributed by atoms with Gasteiger partial charge in [-0.3, -0.25) is 4.79 Å². The lowest BCUT2D eigenvalue weighted by Gasteiger charge is -2.34. The predicted octanol–water partition coefficient (Wildman–Crippen LogP) is 3.24. The van der Waals surface area contributed by atoms with Gasteiger partial charge < -0.3 is 9.64 Å². The van der Waals surface area contributed by atoms with E-state index in [1.165, 1.54) is 0 Å². The first-order valence-electron chi connectivity index (χ1n) is 9.92. The van der Waals surface area contributed by atoms with Gasteiger partial charge in [-0.25, -0.2) is 8.42 Å². The summed E-state index contributed by atoms with van der Waals surface area (Å²) < 4.78 is 70.7. The molecule has 1 amide bonds. The van der Waals surface area contributed by atoms with Crippen molar-refractivity contribution in [1.29, 1.82) is 0 Å². The third kappa shape index (κ3) is 6.18. The molecule has 6 nitrogen and oxygen atoms in total. The zero-order chi connectivity index (χ0) is 22.5. The standard InChI is InChI=1S/C20H29F3N2O4S/c1-15(2)14-24(11-12-29-3)19(26)16-7-9-25(10-8-16)30(27,28)18-6-4-5-17(13-18)20(21,22)23/h4-6,13,15-16H,7-12,14H2,1-3H3. The van der Waals surface area contributed by atoms with Crippen molar-refractivity contribution >= 4 is 15.9 Å². The molecule has 0 saturated carbocycles. The number of methoxy groups -OCH3 is 1. The maximum Gasteiger partial charge on any atom is 0.416 e. The van der Waals surface area contributed by atoms with Crippen molar-refractivity contribution in [3.63, 3.8) is 0 Å². The van der Waals surface area contributed by atoms with Crippen LogP contribution in [0.2, 0.25) is 0 Å². The maximum atomic E-state index is 12.9. The topological polar surface area (TPSA) is 66.9 Å². The third-order valence-corrected chi connectivity index (χ3v) is 6.96. The number of ether oxygens (including phenoxy) is 1. The van der Waals surface area contributed by atoms with Crippen molar-refractivity contribution in [3.05, 3.63) is 29.8 Å². The molecule has 1 saturated heterocycles. The van der Waals surface area contributed by atoms with Crippen LogP contribution in [-0.2, 0) is 25.7 Å². The molecule has 1 aliphatic rings. The number of hydrogen-bond acceptors (Lipinski definition) is 4. The highest BCUT2D eigenvalue weighted by Crippen LogP contribution is 2.32. The number of rotatable bonds is 8. The molecule has 10 heteroatoms. The normalized spacial score (nSPS) is 16.8. The first kappa shape index (κ1) is 24.6. The molecule has 30 heavy (non-hydrogen) atoms. The molecular weight excluding hydrogens is 421 g/mol. The maximum absolute atomic E-state index is 12.9. The highest BCUT2D eigenvalue weighted by atomic mass is 32.2. The predicted molar refractivity (Wildman–Crippen MR) is 106 cm³/mol. The van der Waals surface area contributed by atoms with Gasteiger partial charge in [-0.05, 0) is 37.0 Å². The van der Waals surface area contributed by atoms with Crippen molar-refractivity contribution in [2.24, 2.45) is 11.8 Å². The number of carbonyl (C=O) groups is 1. The Morgan fingerprint density at radius 3 is 2.43 bits per heavy atom. The Morgan fingerprint density at radius 1 is 1.27 bits per heavy atom. The lowest BCUT2D eigenvalue weighted by atomic mass is 9.96. The quantitative estimate of drug-likeness (QED) is 0.610. The lowest BCUT2D eigenvalue weighted by molar-refractivity contribution is -0.138. The molecular formula is C20H29F3N2O4S. The van der Waals surface area contributed by atoms with Gasteiger partial charge in [-0.15, -0.1) is 0 Å². The van der Waals surface area contributed by atoms with Crippen LogP contribution in [0.1, 0.15) is 32.3 Å². The summed E-state index contributed by atoms with van der Waals surface area (Å²) >= 11 is 0. The van der Waals surface area contributed by atoms with E-state index in [4.69, 9.17) is 4.74 Å². The number of hydrogen-bond donors (Lipinski definition) is 0. The number of alkyl halides is 3. The molecule has 1 aliphatic heterocycles. The van der Waals surface area contributed by atoms with Crippen LogP contribution in [0.5, 0.6) is 0 Å². The Labute approximate surface area is 176 Å². The minimum Gasteiger partial charge on any atom is -0.383 e. The van der Waals surface area contributed by atoms with E-state index in [2.05, 4.69) is 0 Å². The van der Waals surface area contributed by atoms with Crippen molar-refractivity contribution < 1.29 is 31.1 Å². The molecule has 0 spiro atoms. The van der Waals surface area contributed by atoms with Crippen molar-refractivity contribution in [3.8, 4) is 0 Å². The highest BCUT2D eigenvalue weighted by molar-refractivity contribution is 7.89. The van der Waals surface area contributed by atoms with Crippen LogP contribution < -0.4 is 0 Å². The van der Waals surface area contributed by atoms with Crippen LogP contribution in [0.25, 0.3) is 0 Å². The van der Waals surface area contributed by atoms with Crippen molar-refractivity contribution in [1.82, 2.24) is 9.21 Å². The molecule has 0 aromatic heterocycles. The van der Waals surface area contributed by atoms with Gasteiger partial charge >= 0.3 is 6.18 Å². The molecule has 0 aliphatic carbocycles. The second-order valence-corrected chi connectivity index (χ2v) is 9.81. The Bertz CT molecular complexity index is 820. The SMILES string of the molecule is COCCN(CC(C)C)C(=O)C1CCN(S(=O)(=O)c2cccc(C(F)(F)F)c2)CC1. The summed E-state index contributed by atoms with van der Waals surface area (Å²) in [6.07, 6.45) is -3.95. The lowest BCUT2D eigenvalue weighted by Crippen LogP contribution is -2.46. The summed E-state index contributed by atoms with van der Waals surface area (Å²) in [4.78, 5) is 14.3. The van der Waals surface area contributed by atoms with Crippen LogP contribution in [-0.4, -0.2) is 63.4 Å². The summed E-state index contributed by atoms with van der Waals surface area (Å²) in [5, 5.41) is 0. The van der Waals surface area contributed by atoms with Crippen LogP contribution in [0.4, 0.5) is 13.2 Å². The van der Waals surface area contributed by atoms with Crippen LogP contribution in [0.3, 0.4) is 0 Å². The van der Waals surface area contributed by atoms with Crippen molar-refractivity contribution in [2.75, 3.05) is 39.9 Å².